The van der Waals surface area contributed by atoms with Crippen LogP contribution in [0.2, 0.25) is 0 Å². The van der Waals surface area contributed by atoms with Gasteiger partial charge in [0.05, 0.1) is 5.70 Å². The number of aryl methyl sites for hydroxylation is 1. The summed E-state index contributed by atoms with van der Waals surface area (Å²) in [5, 5.41) is 9.75. The molecule has 1 aliphatic carbocycles. The number of hydrogen-bond donors (Lipinski definition) is 1. The van der Waals surface area contributed by atoms with Crippen molar-refractivity contribution >= 4 is 23.0 Å². The van der Waals surface area contributed by atoms with Crippen LogP contribution >= 0.6 is 0 Å². The molecule has 270 valence electrons. The molecule has 0 aromatic heterocycles. The van der Waals surface area contributed by atoms with Crippen LogP contribution in [0.1, 0.15) is 151 Å². The fourth-order valence-corrected chi connectivity index (χ4v) is 8.21. The largest absolute Gasteiger partial charge is 0.508 e. The van der Waals surface area contributed by atoms with E-state index in [1.54, 1.807) is 24.3 Å². The van der Waals surface area contributed by atoms with E-state index in [0.717, 1.165) is 115 Å². The topological polar surface area (TPSA) is 76.0 Å². The number of allylic oxidation sites excluding steroid dienone is 3. The third-order valence-electron chi connectivity index (χ3n) is 11.2. The quantitative estimate of drug-likeness (QED) is 0.169. The van der Waals surface area contributed by atoms with E-state index in [9.17, 15) is 14.7 Å². The summed E-state index contributed by atoms with van der Waals surface area (Å²) in [6, 6.07) is 15.7. The number of nitrogens with zero attached hydrogens (tertiary/aromatic N) is 1. The smallest absolute Gasteiger partial charge is 0.165 e. The maximum absolute atomic E-state index is 13.5. The van der Waals surface area contributed by atoms with Crippen molar-refractivity contribution in [3.05, 3.63) is 82.4 Å². The van der Waals surface area contributed by atoms with Gasteiger partial charge in [0.15, 0.2) is 5.78 Å². The van der Waals surface area contributed by atoms with Crippen LogP contribution in [-0.4, -0.2) is 35.6 Å². The number of Topliss-reactive ketones (excluding diaryl/α,β-unsaturated/α-hetero) is 2. The van der Waals surface area contributed by atoms with Crippen molar-refractivity contribution in [1.29, 1.82) is 0 Å². The summed E-state index contributed by atoms with van der Waals surface area (Å²) < 4.78 is 5.99. The Morgan fingerprint density at radius 1 is 0.820 bits per heavy atom. The van der Waals surface area contributed by atoms with Crippen LogP contribution < -0.4 is 0 Å². The van der Waals surface area contributed by atoms with Gasteiger partial charge in [-0.05, 0) is 136 Å². The number of unbranched alkanes of at least 4 members (excludes halogenated alkanes) is 2. The highest BCUT2D eigenvalue weighted by atomic mass is 16.5. The Bertz CT molecular complexity index is 1470. The highest BCUT2D eigenvalue weighted by Gasteiger charge is 2.28. The minimum Gasteiger partial charge on any atom is -0.508 e. The van der Waals surface area contributed by atoms with Gasteiger partial charge in [-0.3, -0.25) is 14.6 Å². The zero-order valence-electron chi connectivity index (χ0n) is 30.9. The number of phenols is 1. The summed E-state index contributed by atoms with van der Waals surface area (Å²) >= 11 is 0. The van der Waals surface area contributed by atoms with Crippen molar-refractivity contribution in [3.8, 4) is 5.75 Å². The molecule has 5 nitrogen and oxygen atoms in total. The van der Waals surface area contributed by atoms with E-state index in [4.69, 9.17) is 9.73 Å². The summed E-state index contributed by atoms with van der Waals surface area (Å²) in [4.78, 5) is 31.4. The van der Waals surface area contributed by atoms with E-state index < -0.39 is 0 Å². The molecule has 0 bridgehead atoms. The van der Waals surface area contributed by atoms with Crippen LogP contribution in [0.15, 0.2) is 70.7 Å². The van der Waals surface area contributed by atoms with Crippen molar-refractivity contribution in [2.75, 3.05) is 13.2 Å². The Labute approximate surface area is 301 Å². The first-order valence-electron chi connectivity index (χ1n) is 19.9. The van der Waals surface area contributed by atoms with Gasteiger partial charge in [-0.25, -0.2) is 0 Å². The molecule has 0 saturated carbocycles. The molecule has 50 heavy (non-hydrogen) atoms. The second-order valence-electron chi connectivity index (χ2n) is 15.2. The third-order valence-corrected chi connectivity index (χ3v) is 11.2. The lowest BCUT2D eigenvalue weighted by molar-refractivity contribution is -0.119. The lowest BCUT2D eigenvalue weighted by Crippen LogP contribution is -2.16. The Morgan fingerprint density at radius 2 is 1.58 bits per heavy atom. The summed E-state index contributed by atoms with van der Waals surface area (Å²) in [5.74, 6) is 1.64. The molecule has 2 heterocycles. The fraction of sp³-hybridized carbons (Fsp3) is 0.578. The maximum atomic E-state index is 13.5. The summed E-state index contributed by atoms with van der Waals surface area (Å²) in [6.07, 6.45) is 21.5. The number of hydrogen-bond acceptors (Lipinski definition) is 5. The van der Waals surface area contributed by atoms with E-state index in [2.05, 4.69) is 44.2 Å². The predicted octanol–water partition coefficient (Wildman–Crippen LogP) is 11.4. The number of ether oxygens (including phenoxy) is 1. The Balaban J connectivity index is 1.33. The number of benzene rings is 2. The van der Waals surface area contributed by atoms with Gasteiger partial charge >= 0.3 is 0 Å². The number of carbonyl (C=O) groups excluding carboxylic acids is 2. The summed E-state index contributed by atoms with van der Waals surface area (Å²) in [6.45, 7) is 6.22. The van der Waals surface area contributed by atoms with Gasteiger partial charge in [0.1, 0.15) is 11.5 Å². The van der Waals surface area contributed by atoms with Crippen LogP contribution in [0.3, 0.4) is 0 Å². The van der Waals surface area contributed by atoms with Gasteiger partial charge in [0.25, 0.3) is 0 Å². The second-order valence-corrected chi connectivity index (χ2v) is 15.2. The highest BCUT2D eigenvalue weighted by molar-refractivity contribution is 6.04. The van der Waals surface area contributed by atoms with E-state index in [0.29, 0.717) is 23.7 Å². The van der Waals surface area contributed by atoms with Gasteiger partial charge < -0.3 is 9.84 Å². The number of rotatable bonds is 13. The maximum Gasteiger partial charge on any atom is 0.165 e. The average Bonchev–Trinajstić information content (AvgIpc) is 3.23. The highest BCUT2D eigenvalue weighted by Crippen LogP contribution is 2.38. The van der Waals surface area contributed by atoms with Crippen LogP contribution in [-0.2, 0) is 16.0 Å². The SMILES string of the molecule is CCCCCC(=O)CCCc1ccc(C2=CC(C)C3=C(CCCC(C(=O)c4ccc(O)cc4)CCC3)C(CC3CCCCCOCC3)=N2)cc1. The van der Waals surface area contributed by atoms with Crippen molar-refractivity contribution in [2.45, 2.75) is 136 Å². The average molecular weight is 680 g/mol. The van der Waals surface area contributed by atoms with Gasteiger partial charge in [-0.2, -0.15) is 0 Å². The molecule has 1 fully saturated rings. The number of aliphatic imine (C=N–C) groups is 1. The standard InChI is InChI=1S/C45H61NO4/c1-3-4-6-16-39(47)17-9-13-34-20-22-36(23-21-34)43-31-33(2)41-18-10-14-37(45(49)38-24-26-40(48)27-25-38)15-11-19-42(41)44(46-43)32-35-12-7-5-8-29-50-30-28-35/h20-27,31,33,35,37,48H,3-19,28-30,32H2,1-2H3. The van der Waals surface area contributed by atoms with E-state index in [-0.39, 0.29) is 23.4 Å². The number of ketones is 2. The third kappa shape index (κ3) is 11.4. The Morgan fingerprint density at radius 3 is 2.36 bits per heavy atom. The molecule has 2 aliphatic heterocycles. The molecule has 3 unspecified atom stereocenters. The first kappa shape index (κ1) is 37.9. The second kappa shape index (κ2) is 19.9. The van der Waals surface area contributed by atoms with Crippen LogP contribution in [0.5, 0.6) is 5.75 Å². The van der Waals surface area contributed by atoms with Gasteiger partial charge in [0.2, 0.25) is 0 Å². The lowest BCUT2D eigenvalue weighted by Gasteiger charge is -2.22. The zero-order chi connectivity index (χ0) is 35.1. The molecule has 3 aliphatic rings. The molecule has 1 N–H and O–H groups in total. The molecule has 1 saturated heterocycles. The number of phenolic OH excluding ortho intramolecular Hbond substituents is 1. The molecule has 5 rings (SSSR count). The first-order valence-corrected chi connectivity index (χ1v) is 19.9. The molecule has 5 heteroatoms. The van der Waals surface area contributed by atoms with E-state index >= 15 is 0 Å². The fourth-order valence-electron chi connectivity index (χ4n) is 8.21. The van der Waals surface area contributed by atoms with Crippen molar-refractivity contribution in [2.24, 2.45) is 22.7 Å². The van der Waals surface area contributed by atoms with Gasteiger partial charge in [-0.15, -0.1) is 0 Å². The molecule has 0 spiro atoms. The normalized spacial score (nSPS) is 22.3. The first-order chi connectivity index (χ1) is 24.4. The Hall–Kier alpha value is -3.31. The van der Waals surface area contributed by atoms with E-state index in [1.165, 1.54) is 47.2 Å². The van der Waals surface area contributed by atoms with Crippen LogP contribution in [0.25, 0.3) is 5.70 Å². The lowest BCUT2D eigenvalue weighted by atomic mass is 9.84. The minimum atomic E-state index is 0.00841. The monoisotopic (exact) mass is 679 g/mol. The zero-order valence-corrected chi connectivity index (χ0v) is 30.9. The number of carbonyl (C=O) groups is 2. The van der Waals surface area contributed by atoms with Crippen molar-refractivity contribution < 1.29 is 19.4 Å². The van der Waals surface area contributed by atoms with Gasteiger partial charge in [0, 0.05) is 43.2 Å². The summed E-state index contributed by atoms with van der Waals surface area (Å²) in [7, 11) is 0. The number of aromatic hydroxyl groups is 1. The van der Waals surface area contributed by atoms with Crippen molar-refractivity contribution in [1.82, 2.24) is 0 Å². The van der Waals surface area contributed by atoms with Crippen LogP contribution in [0.4, 0.5) is 0 Å². The molecular weight excluding hydrogens is 618 g/mol. The summed E-state index contributed by atoms with van der Waals surface area (Å²) in [5.41, 5.74) is 8.44. The molecule has 2 aromatic rings. The van der Waals surface area contributed by atoms with Crippen molar-refractivity contribution in [3.63, 3.8) is 0 Å². The molecule has 3 atom stereocenters. The Kier molecular flexibility index (Phi) is 15.1. The van der Waals surface area contributed by atoms with E-state index in [1.807, 2.05) is 0 Å². The predicted molar refractivity (Wildman–Crippen MR) is 206 cm³/mol. The van der Waals surface area contributed by atoms with Gasteiger partial charge in [-0.1, -0.05) is 75.4 Å². The van der Waals surface area contributed by atoms with Crippen LogP contribution in [0, 0.1) is 17.8 Å². The molecule has 0 radical (unpaired) electrons. The molecule has 2 aromatic carbocycles. The molecular formula is C45H61NO4. The molecule has 0 amide bonds. The minimum absolute atomic E-state index is 0.00841.